The van der Waals surface area contributed by atoms with Gasteiger partial charge in [0.15, 0.2) is 0 Å². The average Bonchev–Trinajstić information content (AvgIpc) is 2.59. The monoisotopic (exact) mass is 387 g/mol. The van der Waals surface area contributed by atoms with Crippen molar-refractivity contribution >= 4 is 33.6 Å². The van der Waals surface area contributed by atoms with E-state index in [4.69, 9.17) is 9.47 Å². The molecule has 124 valence electrons. The van der Waals surface area contributed by atoms with Gasteiger partial charge < -0.3 is 19.1 Å². The smallest absolute Gasteiger partial charge is 0.355 e. The Bertz CT molecular complexity index is 661. The molecule has 1 heterocycles. The molecule has 0 amide bonds. The molecule has 0 aromatic heterocycles. The number of ether oxygens (including phenoxy) is 3. The molecule has 0 fully saturated rings. The molecule has 1 aliphatic rings. The van der Waals surface area contributed by atoms with Crippen molar-refractivity contribution in [3.8, 4) is 0 Å². The fourth-order valence-corrected chi connectivity index (χ4v) is 2.53. The lowest BCUT2D eigenvalue weighted by Gasteiger charge is -2.31. The molecule has 1 aromatic carbocycles. The maximum absolute atomic E-state index is 14.4. The molecule has 8 heteroatoms. The summed E-state index contributed by atoms with van der Waals surface area (Å²) in [6, 6.07) is 4.55. The molecule has 0 atom stereocenters. The summed E-state index contributed by atoms with van der Waals surface area (Å²) >= 11 is 3.25. The summed E-state index contributed by atoms with van der Waals surface area (Å²) in [5.74, 6) is -2.04. The van der Waals surface area contributed by atoms with Crippen molar-refractivity contribution in [1.29, 1.82) is 0 Å². The van der Waals surface area contributed by atoms with Crippen LogP contribution in [0.25, 0.3) is 0 Å². The molecular formula is C15H15BrFNO5. The van der Waals surface area contributed by atoms with E-state index >= 15 is 0 Å². The van der Waals surface area contributed by atoms with Gasteiger partial charge in [0.25, 0.3) is 0 Å². The fourth-order valence-electron chi connectivity index (χ4n) is 2.19. The number of hydrogen-bond donors (Lipinski definition) is 0. The molecule has 0 radical (unpaired) electrons. The van der Waals surface area contributed by atoms with Gasteiger partial charge in [-0.3, -0.25) is 0 Å². The third kappa shape index (κ3) is 3.53. The Morgan fingerprint density at radius 2 is 2.00 bits per heavy atom. The molecule has 6 nitrogen and oxygen atoms in total. The second-order valence-corrected chi connectivity index (χ2v) is 5.20. The van der Waals surface area contributed by atoms with Crippen LogP contribution in [-0.2, 0) is 29.1 Å². The highest BCUT2D eigenvalue weighted by atomic mass is 79.9. The van der Waals surface area contributed by atoms with Gasteiger partial charge in [-0.25, -0.2) is 14.0 Å². The molecule has 23 heavy (non-hydrogen) atoms. The standard InChI is InChI=1S/C15H15BrFNO5/c1-21-14(19)10-7-23-8-18(13(10)15(20)22-2)12-4-3-9(6-16)5-11(12)17/h3-5H,6-8H2,1-2H3. The van der Waals surface area contributed by atoms with Crippen LogP contribution in [0.4, 0.5) is 10.1 Å². The van der Waals surface area contributed by atoms with Crippen LogP contribution in [0.15, 0.2) is 29.5 Å². The molecule has 2 rings (SSSR count). The van der Waals surface area contributed by atoms with Crippen LogP contribution < -0.4 is 4.90 Å². The number of hydrogen-bond acceptors (Lipinski definition) is 6. The minimum Gasteiger partial charge on any atom is -0.466 e. The Morgan fingerprint density at radius 1 is 1.30 bits per heavy atom. The van der Waals surface area contributed by atoms with Gasteiger partial charge in [-0.1, -0.05) is 22.0 Å². The topological polar surface area (TPSA) is 65.1 Å². The maximum atomic E-state index is 14.4. The first kappa shape index (κ1) is 17.4. The summed E-state index contributed by atoms with van der Waals surface area (Å²) in [5.41, 5.74) is 0.739. The molecule has 0 aliphatic carbocycles. The highest BCUT2D eigenvalue weighted by Gasteiger charge is 2.33. The van der Waals surface area contributed by atoms with Crippen LogP contribution in [0, 0.1) is 5.82 Å². The van der Waals surface area contributed by atoms with Gasteiger partial charge in [0, 0.05) is 5.33 Å². The number of nitrogens with zero attached hydrogens (tertiary/aromatic N) is 1. The number of anilines is 1. The van der Waals surface area contributed by atoms with Gasteiger partial charge in [0.1, 0.15) is 18.2 Å². The number of carbonyl (C=O) groups is 2. The van der Waals surface area contributed by atoms with Crippen molar-refractivity contribution in [3.63, 3.8) is 0 Å². The Kier molecular flexibility index (Phi) is 5.73. The van der Waals surface area contributed by atoms with Crippen molar-refractivity contribution in [2.45, 2.75) is 5.33 Å². The van der Waals surface area contributed by atoms with E-state index in [9.17, 15) is 14.0 Å². The van der Waals surface area contributed by atoms with Crippen LogP contribution in [0.5, 0.6) is 0 Å². The lowest BCUT2D eigenvalue weighted by Crippen LogP contribution is -2.39. The van der Waals surface area contributed by atoms with Crippen molar-refractivity contribution < 1.29 is 28.2 Å². The van der Waals surface area contributed by atoms with E-state index in [0.29, 0.717) is 5.33 Å². The highest BCUT2D eigenvalue weighted by Crippen LogP contribution is 2.29. The number of esters is 2. The van der Waals surface area contributed by atoms with Crippen molar-refractivity contribution in [1.82, 2.24) is 0 Å². The van der Waals surface area contributed by atoms with E-state index in [1.54, 1.807) is 6.07 Å². The van der Waals surface area contributed by atoms with Crippen molar-refractivity contribution in [2.75, 3.05) is 32.5 Å². The largest absolute Gasteiger partial charge is 0.466 e. The van der Waals surface area contributed by atoms with Crippen molar-refractivity contribution in [3.05, 3.63) is 40.8 Å². The predicted molar refractivity (Wildman–Crippen MR) is 83.4 cm³/mol. The zero-order chi connectivity index (χ0) is 17.0. The molecule has 1 aromatic rings. The fraction of sp³-hybridized carbons (Fsp3) is 0.333. The number of benzene rings is 1. The van der Waals surface area contributed by atoms with Gasteiger partial charge in [-0.15, -0.1) is 0 Å². The summed E-state index contributed by atoms with van der Waals surface area (Å²) < 4.78 is 29.0. The first-order chi connectivity index (χ1) is 11.0. The van der Waals surface area contributed by atoms with E-state index < -0.39 is 17.8 Å². The molecule has 0 N–H and O–H groups in total. The Morgan fingerprint density at radius 3 is 2.57 bits per heavy atom. The molecule has 0 bridgehead atoms. The van der Waals surface area contributed by atoms with Gasteiger partial charge in [-0.05, 0) is 17.7 Å². The Labute approximate surface area is 140 Å². The Balaban J connectivity index is 2.55. The summed E-state index contributed by atoms with van der Waals surface area (Å²) in [7, 11) is 2.37. The van der Waals surface area contributed by atoms with Crippen LogP contribution in [0.3, 0.4) is 0 Å². The number of methoxy groups -OCH3 is 2. The van der Waals surface area contributed by atoms with Gasteiger partial charge in [-0.2, -0.15) is 0 Å². The summed E-state index contributed by atoms with van der Waals surface area (Å²) in [6.45, 7) is -0.204. The molecule has 0 unspecified atom stereocenters. The average molecular weight is 388 g/mol. The van der Waals surface area contributed by atoms with Crippen LogP contribution >= 0.6 is 15.9 Å². The number of alkyl halides is 1. The van der Waals surface area contributed by atoms with Gasteiger partial charge in [0.05, 0.1) is 32.1 Å². The van der Waals surface area contributed by atoms with E-state index in [1.807, 2.05) is 0 Å². The molecule has 0 saturated carbocycles. The van der Waals surface area contributed by atoms with Crippen molar-refractivity contribution in [2.24, 2.45) is 0 Å². The zero-order valence-electron chi connectivity index (χ0n) is 12.6. The zero-order valence-corrected chi connectivity index (χ0v) is 14.2. The number of rotatable bonds is 4. The summed E-state index contributed by atoms with van der Waals surface area (Å²) in [4.78, 5) is 25.2. The normalized spacial score (nSPS) is 14.7. The molecule has 1 aliphatic heterocycles. The third-order valence-corrected chi connectivity index (χ3v) is 3.94. The second kappa shape index (κ2) is 7.56. The summed E-state index contributed by atoms with van der Waals surface area (Å²) in [5, 5.41) is 0.494. The van der Waals surface area contributed by atoms with E-state index in [-0.39, 0.29) is 30.3 Å². The lowest BCUT2D eigenvalue weighted by atomic mass is 10.1. The SMILES string of the molecule is COC(=O)C1=C(C(=O)OC)N(c2ccc(CBr)cc2F)COC1. The highest BCUT2D eigenvalue weighted by molar-refractivity contribution is 9.08. The van der Waals surface area contributed by atoms with E-state index in [0.717, 1.165) is 5.56 Å². The molecular weight excluding hydrogens is 373 g/mol. The quantitative estimate of drug-likeness (QED) is 0.582. The van der Waals surface area contributed by atoms with Gasteiger partial charge in [0.2, 0.25) is 0 Å². The van der Waals surface area contributed by atoms with Crippen LogP contribution in [-0.4, -0.2) is 39.5 Å². The molecule has 0 spiro atoms. The van der Waals surface area contributed by atoms with Crippen LogP contribution in [0.1, 0.15) is 5.56 Å². The first-order valence-electron chi connectivity index (χ1n) is 6.63. The Hall–Kier alpha value is -1.93. The van der Waals surface area contributed by atoms with E-state index in [1.165, 1.54) is 31.3 Å². The predicted octanol–water partition coefficient (Wildman–Crippen LogP) is 2.11. The van der Waals surface area contributed by atoms with Crippen LogP contribution in [0.2, 0.25) is 0 Å². The molecule has 0 saturated heterocycles. The third-order valence-electron chi connectivity index (χ3n) is 3.29. The lowest BCUT2D eigenvalue weighted by molar-refractivity contribution is -0.140. The second-order valence-electron chi connectivity index (χ2n) is 4.64. The number of halogens is 2. The summed E-state index contributed by atoms with van der Waals surface area (Å²) in [6.07, 6.45) is 0. The van der Waals surface area contributed by atoms with E-state index in [2.05, 4.69) is 20.7 Å². The number of carbonyl (C=O) groups excluding carboxylic acids is 2. The minimum atomic E-state index is -0.766. The van der Waals surface area contributed by atoms with Gasteiger partial charge >= 0.3 is 11.9 Å². The first-order valence-corrected chi connectivity index (χ1v) is 7.75. The minimum absolute atomic E-state index is 0.0189. The maximum Gasteiger partial charge on any atom is 0.355 e.